The zero-order valence-corrected chi connectivity index (χ0v) is 14.5. The summed E-state index contributed by atoms with van der Waals surface area (Å²) in [5.74, 6) is -1.49. The number of carbonyl (C=O) groups is 2. The Bertz CT molecular complexity index is 1100. The number of aromatic nitrogens is 5. The number of hydrogen-bond acceptors (Lipinski definition) is 7. The van der Waals surface area contributed by atoms with Crippen molar-refractivity contribution in [3.63, 3.8) is 0 Å². The largest absolute Gasteiger partial charge is 0.364 e. The van der Waals surface area contributed by atoms with Crippen LogP contribution >= 0.6 is 0 Å². The Kier molecular flexibility index (Phi) is 5.03. The molecule has 2 amide bonds. The lowest BCUT2D eigenvalue weighted by molar-refractivity contribution is 0.0936. The van der Waals surface area contributed by atoms with Gasteiger partial charge in [0.2, 0.25) is 0 Å². The Hall–Kier alpha value is -4.20. The van der Waals surface area contributed by atoms with Crippen LogP contribution in [0.2, 0.25) is 0 Å². The monoisotopic (exact) mass is 380 g/mol. The third kappa shape index (κ3) is 3.80. The summed E-state index contributed by atoms with van der Waals surface area (Å²) < 4.78 is 14.9. The van der Waals surface area contributed by atoms with Crippen LogP contribution in [0.25, 0.3) is 5.82 Å². The van der Waals surface area contributed by atoms with Crippen molar-refractivity contribution in [2.75, 3.05) is 0 Å². The molecular weight excluding hydrogens is 367 g/mol. The molecule has 3 aromatic rings. The summed E-state index contributed by atoms with van der Waals surface area (Å²) in [4.78, 5) is 35.6. The van der Waals surface area contributed by atoms with E-state index in [0.717, 1.165) is 18.5 Å². The van der Waals surface area contributed by atoms with Crippen LogP contribution in [0.1, 0.15) is 45.2 Å². The van der Waals surface area contributed by atoms with Gasteiger partial charge >= 0.3 is 0 Å². The number of benzene rings is 1. The summed E-state index contributed by atoms with van der Waals surface area (Å²) in [7, 11) is 0. The highest BCUT2D eigenvalue weighted by Crippen LogP contribution is 2.15. The first kappa shape index (κ1) is 18.6. The van der Waals surface area contributed by atoms with Gasteiger partial charge in [-0.2, -0.15) is 15.0 Å². The van der Waals surface area contributed by atoms with Gasteiger partial charge in [0.05, 0.1) is 17.7 Å². The van der Waals surface area contributed by atoms with Gasteiger partial charge in [0.25, 0.3) is 11.8 Å². The summed E-state index contributed by atoms with van der Waals surface area (Å²) in [5, 5.41) is 15.6. The first-order valence-electron chi connectivity index (χ1n) is 7.92. The highest BCUT2D eigenvalue weighted by atomic mass is 19.1. The molecular formula is C17H13FN8O2. The number of nitriles is 1. The van der Waals surface area contributed by atoms with Crippen molar-refractivity contribution in [1.29, 1.82) is 5.26 Å². The van der Waals surface area contributed by atoms with E-state index in [9.17, 15) is 14.0 Å². The number of nitrogens with two attached hydrogens (primary N) is 1. The lowest BCUT2D eigenvalue weighted by atomic mass is 10.1. The van der Waals surface area contributed by atoms with E-state index < -0.39 is 23.7 Å². The minimum Gasteiger partial charge on any atom is -0.364 e. The number of carbonyl (C=O) groups excluding carboxylic acids is 2. The van der Waals surface area contributed by atoms with Gasteiger partial charge in [0.15, 0.2) is 11.6 Å². The summed E-state index contributed by atoms with van der Waals surface area (Å²) >= 11 is 0. The molecule has 0 unspecified atom stereocenters. The maximum absolute atomic E-state index is 13.6. The second-order valence-electron chi connectivity index (χ2n) is 5.69. The van der Waals surface area contributed by atoms with Crippen molar-refractivity contribution >= 4 is 11.8 Å². The van der Waals surface area contributed by atoms with Crippen molar-refractivity contribution < 1.29 is 14.0 Å². The van der Waals surface area contributed by atoms with Crippen LogP contribution in [-0.4, -0.2) is 36.5 Å². The molecule has 0 spiro atoms. The molecule has 3 N–H and O–H groups in total. The molecule has 1 atom stereocenters. The lowest BCUT2D eigenvalue weighted by Gasteiger charge is -2.14. The second-order valence-corrected chi connectivity index (χ2v) is 5.69. The molecule has 3 rings (SSSR count). The summed E-state index contributed by atoms with van der Waals surface area (Å²) in [6.45, 7) is 1.64. The Morgan fingerprint density at radius 3 is 2.71 bits per heavy atom. The third-order valence-electron chi connectivity index (χ3n) is 3.72. The Labute approximate surface area is 157 Å². The Morgan fingerprint density at radius 1 is 1.21 bits per heavy atom. The average molecular weight is 380 g/mol. The van der Waals surface area contributed by atoms with Crippen LogP contribution in [0.3, 0.4) is 0 Å². The zero-order chi connectivity index (χ0) is 20.3. The Balaban J connectivity index is 1.86. The van der Waals surface area contributed by atoms with Gasteiger partial charge in [-0.25, -0.2) is 19.3 Å². The van der Waals surface area contributed by atoms with Gasteiger partial charge in [-0.3, -0.25) is 9.59 Å². The van der Waals surface area contributed by atoms with E-state index in [1.807, 2.05) is 0 Å². The van der Waals surface area contributed by atoms with Gasteiger partial charge in [-0.05, 0) is 25.1 Å². The highest BCUT2D eigenvalue weighted by molar-refractivity contribution is 5.94. The molecule has 2 aromatic heterocycles. The van der Waals surface area contributed by atoms with Gasteiger partial charge in [-0.1, -0.05) is 0 Å². The SMILES string of the molecule is C[C@H](NC(=O)c1cc(F)cc(C#N)c1)c1ncnn1-c1cc(C(N)=O)ncn1. The van der Waals surface area contributed by atoms with Crippen LogP contribution in [0.4, 0.5) is 4.39 Å². The smallest absolute Gasteiger partial charge is 0.267 e. The molecule has 10 nitrogen and oxygen atoms in total. The first-order valence-corrected chi connectivity index (χ1v) is 7.92. The van der Waals surface area contributed by atoms with Gasteiger partial charge in [-0.15, -0.1) is 0 Å². The zero-order valence-electron chi connectivity index (χ0n) is 14.5. The van der Waals surface area contributed by atoms with Gasteiger partial charge in [0, 0.05) is 11.6 Å². The van der Waals surface area contributed by atoms with Crippen LogP contribution in [-0.2, 0) is 0 Å². The standard InChI is InChI=1S/C17H13FN8O2/c1-9(25-17(28)11-2-10(6-19)3-12(18)4-11)16-23-8-24-26(16)14-5-13(15(20)27)21-7-22-14/h2-5,7-9H,1H3,(H2,20,27)(H,25,28)/t9-/m0/s1. The maximum Gasteiger partial charge on any atom is 0.267 e. The molecule has 11 heteroatoms. The van der Waals surface area contributed by atoms with Crippen molar-refractivity contribution in [3.8, 4) is 11.9 Å². The highest BCUT2D eigenvalue weighted by Gasteiger charge is 2.19. The number of nitrogens with zero attached hydrogens (tertiary/aromatic N) is 6. The fourth-order valence-corrected chi connectivity index (χ4v) is 2.45. The third-order valence-corrected chi connectivity index (χ3v) is 3.72. The minimum atomic E-state index is -0.730. The van der Waals surface area contributed by atoms with E-state index in [1.165, 1.54) is 23.1 Å². The quantitative estimate of drug-likeness (QED) is 0.659. The maximum atomic E-state index is 13.6. The van der Waals surface area contributed by atoms with Gasteiger partial charge in [0.1, 0.15) is 24.2 Å². The van der Waals surface area contributed by atoms with Crippen LogP contribution in [0, 0.1) is 17.1 Å². The van der Waals surface area contributed by atoms with Gasteiger partial charge < -0.3 is 11.1 Å². The fraction of sp³-hybridized carbons (Fsp3) is 0.118. The fourth-order valence-electron chi connectivity index (χ4n) is 2.45. The average Bonchev–Trinajstić information content (AvgIpc) is 3.17. The van der Waals surface area contributed by atoms with E-state index in [-0.39, 0.29) is 22.6 Å². The van der Waals surface area contributed by atoms with E-state index in [0.29, 0.717) is 5.82 Å². The molecule has 140 valence electrons. The summed E-state index contributed by atoms with van der Waals surface area (Å²) in [6, 6.07) is 5.80. The van der Waals surface area contributed by atoms with Crippen LogP contribution in [0.15, 0.2) is 36.9 Å². The number of nitrogens with one attached hydrogen (secondary N) is 1. The summed E-state index contributed by atoms with van der Waals surface area (Å²) in [5.41, 5.74) is 5.23. The number of halogens is 1. The van der Waals surface area contributed by atoms with Crippen LogP contribution < -0.4 is 11.1 Å². The van der Waals surface area contributed by atoms with E-state index in [1.54, 1.807) is 13.0 Å². The number of rotatable bonds is 5. The molecule has 0 fully saturated rings. The predicted octanol–water partition coefficient (Wildman–Crippen LogP) is 0.658. The molecule has 0 bridgehead atoms. The summed E-state index contributed by atoms with van der Waals surface area (Å²) in [6.07, 6.45) is 2.40. The van der Waals surface area contributed by atoms with Crippen molar-refractivity contribution in [1.82, 2.24) is 30.0 Å². The molecule has 0 aliphatic heterocycles. The van der Waals surface area contributed by atoms with Crippen molar-refractivity contribution in [2.45, 2.75) is 13.0 Å². The lowest BCUT2D eigenvalue weighted by Crippen LogP contribution is -2.29. The topological polar surface area (TPSA) is 152 Å². The molecule has 0 radical (unpaired) electrons. The van der Waals surface area contributed by atoms with E-state index >= 15 is 0 Å². The molecule has 2 heterocycles. The van der Waals surface area contributed by atoms with Crippen LogP contribution in [0.5, 0.6) is 0 Å². The minimum absolute atomic E-state index is 0.00693. The van der Waals surface area contributed by atoms with Crippen molar-refractivity contribution in [2.24, 2.45) is 5.73 Å². The molecule has 1 aromatic carbocycles. The molecule has 0 aliphatic rings. The molecule has 0 saturated heterocycles. The Morgan fingerprint density at radius 2 is 2.00 bits per heavy atom. The van der Waals surface area contributed by atoms with Crippen molar-refractivity contribution in [3.05, 3.63) is 65.4 Å². The normalized spacial score (nSPS) is 11.5. The molecule has 28 heavy (non-hydrogen) atoms. The number of primary amides is 1. The first-order chi connectivity index (χ1) is 13.4. The number of amides is 2. The number of hydrogen-bond donors (Lipinski definition) is 2. The second kappa shape index (κ2) is 7.58. The van der Waals surface area contributed by atoms with E-state index in [2.05, 4.69) is 25.4 Å². The molecule has 0 aliphatic carbocycles. The van der Waals surface area contributed by atoms with E-state index in [4.69, 9.17) is 11.0 Å². The predicted molar refractivity (Wildman–Crippen MR) is 92.5 cm³/mol. The molecule has 0 saturated carbocycles.